The van der Waals surface area contributed by atoms with Gasteiger partial charge in [-0.15, -0.1) is 0 Å². The van der Waals surface area contributed by atoms with Gasteiger partial charge in [0.15, 0.2) is 5.78 Å². The number of phenols is 3. The Kier molecular flexibility index (Phi) is 21.4. The number of benzene rings is 2. The molecule has 0 aromatic heterocycles. The quantitative estimate of drug-likeness (QED) is 0.0335. The normalized spacial score (nSPS) is 14.6. The smallest absolute Gasteiger partial charge is 0.242 e. The number of aryl methyl sites for hydroxylation is 1. The van der Waals surface area contributed by atoms with Crippen molar-refractivity contribution < 1.29 is 54.6 Å². The summed E-state index contributed by atoms with van der Waals surface area (Å²) in [4.78, 5) is 66.9. The molecule has 2 aromatic rings. The fourth-order valence-electron chi connectivity index (χ4n) is 6.83. The highest BCUT2D eigenvalue weighted by Gasteiger charge is 2.32. The lowest BCUT2D eigenvalue weighted by molar-refractivity contribution is -0.132. The Morgan fingerprint density at radius 3 is 1.91 bits per heavy atom. The molecule has 324 valence electrons. The van der Waals surface area contributed by atoms with E-state index in [1.165, 1.54) is 43.2 Å². The lowest BCUT2D eigenvalue weighted by atomic mass is 9.89. The fraction of sp³-hybridized carbons (Fsp3) is 0.595. The van der Waals surface area contributed by atoms with Gasteiger partial charge in [-0.2, -0.15) is 0 Å². The van der Waals surface area contributed by atoms with Crippen molar-refractivity contribution in [3.63, 3.8) is 0 Å². The number of unbranched alkanes of at least 4 members (excludes halogenated alkanes) is 6. The van der Waals surface area contributed by atoms with E-state index in [1.54, 1.807) is 6.92 Å². The number of nitrogens with one attached hydrogen (secondary N) is 3. The number of hydrogen-bond donors (Lipinski definition) is 11. The lowest BCUT2D eigenvalue weighted by Gasteiger charge is -2.27. The molecule has 0 aliphatic carbocycles. The van der Waals surface area contributed by atoms with Crippen LogP contribution < -0.4 is 27.4 Å². The van der Waals surface area contributed by atoms with E-state index in [1.807, 2.05) is 13.8 Å². The number of phenolic OH excluding ortho intramolecular Hbond substituents is 3. The van der Waals surface area contributed by atoms with Crippen molar-refractivity contribution in [2.45, 2.75) is 154 Å². The topological polar surface area (TPSA) is 295 Å². The van der Waals surface area contributed by atoms with Crippen LogP contribution in [0.1, 0.15) is 143 Å². The summed E-state index contributed by atoms with van der Waals surface area (Å²) < 4.78 is 0. The van der Waals surface area contributed by atoms with E-state index in [4.69, 9.17) is 11.5 Å². The number of amides is 3. The number of nitrogens with two attached hydrogens (primary N) is 2. The molecule has 2 aromatic carbocycles. The zero-order valence-corrected chi connectivity index (χ0v) is 34.2. The summed E-state index contributed by atoms with van der Waals surface area (Å²) in [6, 6.07) is 2.65. The largest absolute Gasteiger partial charge is 0.507 e. The van der Waals surface area contributed by atoms with E-state index in [2.05, 4.69) is 22.9 Å². The second kappa shape index (κ2) is 25.0. The van der Waals surface area contributed by atoms with Gasteiger partial charge in [0.05, 0.1) is 24.1 Å². The van der Waals surface area contributed by atoms with Crippen molar-refractivity contribution in [1.82, 2.24) is 16.0 Å². The van der Waals surface area contributed by atoms with Crippen LogP contribution in [0.3, 0.4) is 0 Å². The standard InChI is InChI=1S/C42H65N5O11/c1-5-6-7-8-9-10-11-13-27(48)22-37(55)46-30(23-36(44)54)42(58)47-29(16-17-35(43)53)41(57)45-26(18-24(2)3)21-33(51)28-19-25(4)20-34(52)38(28)40(56)39-31(49)14-12-15-32(39)50/h12,14-15,19-20,24,26-27,29-30,35,37,46,48-50,52-53,55H,5-11,13,16-18,21-23,43H2,1-4H3,(H2,44,54)(H,45,57)(H,47,58)/t26-,27-,29?,30+,35?,37?/m1/s1. The van der Waals surface area contributed by atoms with Crippen LogP contribution in [0, 0.1) is 12.8 Å². The fourth-order valence-corrected chi connectivity index (χ4v) is 6.83. The van der Waals surface area contributed by atoms with E-state index in [0.29, 0.717) is 12.0 Å². The van der Waals surface area contributed by atoms with Crippen LogP contribution >= 0.6 is 0 Å². The van der Waals surface area contributed by atoms with E-state index in [0.717, 1.165) is 32.1 Å². The number of aromatic hydroxyl groups is 3. The van der Waals surface area contributed by atoms with Gasteiger partial charge < -0.3 is 52.7 Å². The van der Waals surface area contributed by atoms with Gasteiger partial charge in [0, 0.05) is 24.4 Å². The Morgan fingerprint density at radius 1 is 0.724 bits per heavy atom. The molecule has 0 aliphatic rings. The summed E-state index contributed by atoms with van der Waals surface area (Å²) in [6.45, 7) is 7.43. The number of rotatable bonds is 28. The minimum Gasteiger partial charge on any atom is -0.507 e. The predicted molar refractivity (Wildman–Crippen MR) is 218 cm³/mol. The van der Waals surface area contributed by atoms with Gasteiger partial charge in [0.1, 0.15) is 41.3 Å². The maximum Gasteiger partial charge on any atom is 0.242 e. The summed E-state index contributed by atoms with van der Waals surface area (Å²) in [5, 5.41) is 70.5. The van der Waals surface area contributed by atoms with Crippen LogP contribution in [0.4, 0.5) is 0 Å². The van der Waals surface area contributed by atoms with Gasteiger partial charge in [-0.25, -0.2) is 0 Å². The van der Waals surface area contributed by atoms with Crippen molar-refractivity contribution in [3.8, 4) is 17.2 Å². The average Bonchev–Trinajstić information content (AvgIpc) is 3.11. The van der Waals surface area contributed by atoms with Crippen LogP contribution in [0.15, 0.2) is 30.3 Å². The second-order valence-electron chi connectivity index (χ2n) is 15.6. The average molecular weight is 816 g/mol. The van der Waals surface area contributed by atoms with Crippen molar-refractivity contribution in [2.24, 2.45) is 17.4 Å². The molecule has 16 heteroatoms. The van der Waals surface area contributed by atoms with E-state index >= 15 is 0 Å². The van der Waals surface area contributed by atoms with Gasteiger partial charge in [0.2, 0.25) is 23.5 Å². The summed E-state index contributed by atoms with van der Waals surface area (Å²) in [6.07, 6.45) is 3.03. The van der Waals surface area contributed by atoms with Gasteiger partial charge in [-0.1, -0.05) is 71.8 Å². The van der Waals surface area contributed by atoms with Crippen LogP contribution in [-0.2, 0) is 14.4 Å². The third kappa shape index (κ3) is 17.1. The molecule has 0 saturated heterocycles. The van der Waals surface area contributed by atoms with Gasteiger partial charge in [0.25, 0.3) is 0 Å². The number of carbonyl (C=O) groups excluding carboxylic acids is 5. The predicted octanol–water partition coefficient (Wildman–Crippen LogP) is 3.03. The molecular weight excluding hydrogens is 750 g/mol. The Morgan fingerprint density at radius 2 is 1.33 bits per heavy atom. The first-order valence-electron chi connectivity index (χ1n) is 20.2. The summed E-state index contributed by atoms with van der Waals surface area (Å²) >= 11 is 0. The molecule has 3 amide bonds. The number of aliphatic hydroxyl groups excluding tert-OH is 3. The van der Waals surface area contributed by atoms with E-state index < -0.39 is 101 Å². The molecule has 0 bridgehead atoms. The highest BCUT2D eigenvalue weighted by atomic mass is 16.3. The van der Waals surface area contributed by atoms with Crippen LogP contribution in [0.2, 0.25) is 0 Å². The minimum atomic E-state index is -1.40. The highest BCUT2D eigenvalue weighted by molar-refractivity contribution is 6.19. The number of carbonyl (C=O) groups is 5. The van der Waals surface area contributed by atoms with Gasteiger partial charge in [-0.3, -0.25) is 29.3 Å². The first-order valence-corrected chi connectivity index (χ1v) is 20.2. The second-order valence-corrected chi connectivity index (χ2v) is 15.6. The molecule has 3 unspecified atom stereocenters. The summed E-state index contributed by atoms with van der Waals surface area (Å²) in [5.41, 5.74) is 10.2. The monoisotopic (exact) mass is 815 g/mol. The maximum atomic E-state index is 14.0. The first kappa shape index (κ1) is 49.5. The number of aliphatic hydroxyl groups is 3. The van der Waals surface area contributed by atoms with Crippen molar-refractivity contribution >= 4 is 29.3 Å². The molecule has 0 heterocycles. The molecule has 0 radical (unpaired) electrons. The molecule has 2 rings (SSSR count). The zero-order chi connectivity index (χ0) is 43.5. The van der Waals surface area contributed by atoms with Crippen molar-refractivity contribution in [3.05, 3.63) is 52.6 Å². The molecule has 0 fully saturated rings. The number of Topliss-reactive ketones (excluding diaryl/α,β-unsaturated/α-hetero) is 1. The Labute approximate surface area is 340 Å². The van der Waals surface area contributed by atoms with E-state index in [-0.39, 0.29) is 43.6 Å². The third-order valence-electron chi connectivity index (χ3n) is 9.71. The van der Waals surface area contributed by atoms with Crippen molar-refractivity contribution in [2.75, 3.05) is 0 Å². The Bertz CT molecular complexity index is 1650. The third-order valence-corrected chi connectivity index (χ3v) is 9.71. The van der Waals surface area contributed by atoms with E-state index in [9.17, 15) is 54.6 Å². The Hall–Kier alpha value is -4.61. The molecule has 6 atom stereocenters. The van der Waals surface area contributed by atoms with Crippen LogP contribution in [0.5, 0.6) is 17.2 Å². The molecule has 0 saturated carbocycles. The van der Waals surface area contributed by atoms with Crippen LogP contribution in [-0.4, -0.2) is 96.6 Å². The summed E-state index contributed by atoms with van der Waals surface area (Å²) in [7, 11) is 0. The van der Waals surface area contributed by atoms with Gasteiger partial charge >= 0.3 is 0 Å². The zero-order valence-electron chi connectivity index (χ0n) is 34.2. The first-order chi connectivity index (χ1) is 27.3. The van der Waals surface area contributed by atoms with Crippen LogP contribution in [0.25, 0.3) is 0 Å². The molecule has 13 N–H and O–H groups in total. The highest BCUT2D eigenvalue weighted by Crippen LogP contribution is 2.34. The molecule has 0 aliphatic heterocycles. The minimum absolute atomic E-state index is 0.0750. The van der Waals surface area contributed by atoms with Crippen molar-refractivity contribution in [1.29, 1.82) is 0 Å². The van der Waals surface area contributed by atoms with Gasteiger partial charge in [-0.05, 0) is 68.4 Å². The molecular formula is C42H65N5O11. The molecule has 0 spiro atoms. The SMILES string of the molecule is CCCCCCCCC[C@@H](O)CC(O)N[C@@H](CC(N)=O)C(=O)NC(CCC(N)O)C(=O)N[C@@H](CC(=O)c1cc(C)cc(O)c1C(=O)c1c(O)cccc1O)CC(C)C. The number of primary amides is 1. The molecule has 16 nitrogen and oxygen atoms in total. The molecule has 58 heavy (non-hydrogen) atoms. The number of ketones is 2. The maximum absolute atomic E-state index is 14.0. The number of hydrogen-bond acceptors (Lipinski definition) is 13. The lowest BCUT2D eigenvalue weighted by Crippen LogP contribution is -2.56. The summed E-state index contributed by atoms with van der Waals surface area (Å²) in [5.74, 6) is -5.95. The Balaban J connectivity index is 2.27.